The lowest BCUT2D eigenvalue weighted by Crippen LogP contribution is -2.47. The maximum absolute atomic E-state index is 13.7. The van der Waals surface area contributed by atoms with Gasteiger partial charge in [-0.15, -0.1) is 0 Å². The van der Waals surface area contributed by atoms with Crippen LogP contribution < -0.4 is 11.1 Å². The molecule has 0 bridgehead atoms. The number of hydrogen-bond acceptors (Lipinski definition) is 5. The highest BCUT2D eigenvalue weighted by Crippen LogP contribution is 2.19. The summed E-state index contributed by atoms with van der Waals surface area (Å²) in [7, 11) is 0. The number of carbonyl (C=O) groups excluding carboxylic acids is 2. The van der Waals surface area contributed by atoms with Crippen LogP contribution in [0.15, 0.2) is 28.8 Å². The third kappa shape index (κ3) is 3.93. The van der Waals surface area contributed by atoms with Gasteiger partial charge < -0.3 is 20.5 Å². The first kappa shape index (κ1) is 16.9. The number of aromatic nitrogens is 2. The molecule has 3 amide bonds. The van der Waals surface area contributed by atoms with E-state index >= 15 is 0 Å². The molecular weight excluding hydrogens is 329 g/mol. The second-order valence-electron chi connectivity index (χ2n) is 5.84. The molecule has 2 heterocycles. The maximum atomic E-state index is 13.7. The Hall–Kier alpha value is -2.97. The van der Waals surface area contributed by atoms with E-state index in [-0.39, 0.29) is 35.8 Å². The standard InChI is InChI=1S/C16H18FN5O3/c17-12-6-2-1-5-11(12)15-20-13(25-21-15)8-19-16(24)22-7-3-4-10(9-22)14(18)23/h1-2,5-6,10H,3-4,7-9H2,(H2,18,23)(H,19,24)/t10-/m0/s1. The van der Waals surface area contributed by atoms with Crippen molar-refractivity contribution >= 4 is 11.9 Å². The minimum Gasteiger partial charge on any atom is -0.369 e. The summed E-state index contributed by atoms with van der Waals surface area (Å²) in [5.74, 6) is -0.895. The smallest absolute Gasteiger partial charge is 0.317 e. The van der Waals surface area contributed by atoms with Gasteiger partial charge in [-0.3, -0.25) is 4.79 Å². The van der Waals surface area contributed by atoms with Crippen LogP contribution in [-0.2, 0) is 11.3 Å². The molecule has 1 fully saturated rings. The number of urea groups is 1. The molecule has 0 unspecified atom stereocenters. The van der Waals surface area contributed by atoms with Gasteiger partial charge in [0, 0.05) is 13.1 Å². The van der Waals surface area contributed by atoms with E-state index in [2.05, 4.69) is 15.5 Å². The molecule has 0 aliphatic carbocycles. The number of halogens is 1. The minimum absolute atomic E-state index is 0.0119. The summed E-state index contributed by atoms with van der Waals surface area (Å²) in [6.07, 6.45) is 1.41. The summed E-state index contributed by atoms with van der Waals surface area (Å²) >= 11 is 0. The van der Waals surface area contributed by atoms with Crippen LogP contribution in [0.4, 0.5) is 9.18 Å². The highest BCUT2D eigenvalue weighted by molar-refractivity contribution is 5.79. The number of nitrogens with two attached hydrogens (primary N) is 1. The largest absolute Gasteiger partial charge is 0.369 e. The molecule has 8 nitrogen and oxygen atoms in total. The predicted molar refractivity (Wildman–Crippen MR) is 85.4 cm³/mol. The third-order valence-electron chi connectivity index (χ3n) is 4.08. The molecule has 0 saturated carbocycles. The van der Waals surface area contributed by atoms with E-state index in [0.29, 0.717) is 19.5 Å². The number of carbonyl (C=O) groups is 2. The zero-order valence-electron chi connectivity index (χ0n) is 13.4. The quantitative estimate of drug-likeness (QED) is 0.865. The molecule has 25 heavy (non-hydrogen) atoms. The third-order valence-corrected chi connectivity index (χ3v) is 4.08. The first-order valence-electron chi connectivity index (χ1n) is 7.94. The van der Waals surface area contributed by atoms with Gasteiger partial charge in [-0.25, -0.2) is 9.18 Å². The van der Waals surface area contributed by atoms with E-state index in [0.717, 1.165) is 6.42 Å². The van der Waals surface area contributed by atoms with E-state index in [9.17, 15) is 14.0 Å². The average Bonchev–Trinajstić information content (AvgIpc) is 3.09. The average molecular weight is 347 g/mol. The van der Waals surface area contributed by atoms with Crippen LogP contribution in [-0.4, -0.2) is 40.1 Å². The van der Waals surface area contributed by atoms with Gasteiger partial charge in [0.2, 0.25) is 17.6 Å². The molecule has 1 atom stereocenters. The number of likely N-dealkylation sites (tertiary alicyclic amines) is 1. The fourth-order valence-corrected chi connectivity index (χ4v) is 2.74. The Labute approximate surface area is 143 Å². The van der Waals surface area contributed by atoms with Crippen molar-refractivity contribution in [2.24, 2.45) is 11.7 Å². The van der Waals surface area contributed by atoms with Gasteiger partial charge in [0.15, 0.2) is 0 Å². The van der Waals surface area contributed by atoms with Crippen molar-refractivity contribution in [3.05, 3.63) is 36.0 Å². The van der Waals surface area contributed by atoms with Crippen molar-refractivity contribution in [3.63, 3.8) is 0 Å². The van der Waals surface area contributed by atoms with Crippen LogP contribution in [0.5, 0.6) is 0 Å². The van der Waals surface area contributed by atoms with Crippen molar-refractivity contribution in [1.82, 2.24) is 20.4 Å². The lowest BCUT2D eigenvalue weighted by Gasteiger charge is -2.31. The topological polar surface area (TPSA) is 114 Å². The minimum atomic E-state index is -0.454. The van der Waals surface area contributed by atoms with Gasteiger partial charge in [0.1, 0.15) is 5.82 Å². The number of primary amides is 1. The zero-order valence-corrected chi connectivity index (χ0v) is 13.4. The van der Waals surface area contributed by atoms with E-state index in [1.807, 2.05) is 0 Å². The summed E-state index contributed by atoms with van der Waals surface area (Å²) in [6.45, 7) is 0.865. The Morgan fingerprint density at radius 3 is 2.96 bits per heavy atom. The van der Waals surface area contributed by atoms with Crippen molar-refractivity contribution in [2.45, 2.75) is 19.4 Å². The van der Waals surface area contributed by atoms with Crippen LogP contribution in [0, 0.1) is 11.7 Å². The molecule has 3 rings (SSSR count). The van der Waals surface area contributed by atoms with Crippen molar-refractivity contribution in [3.8, 4) is 11.4 Å². The Bertz CT molecular complexity index is 779. The lowest BCUT2D eigenvalue weighted by atomic mass is 9.98. The number of piperidine rings is 1. The Balaban J connectivity index is 1.58. The molecule has 1 aromatic heterocycles. The predicted octanol–water partition coefficient (Wildman–Crippen LogP) is 1.28. The summed E-state index contributed by atoms with van der Waals surface area (Å²) in [4.78, 5) is 29.1. The zero-order chi connectivity index (χ0) is 17.8. The highest BCUT2D eigenvalue weighted by Gasteiger charge is 2.27. The molecule has 0 spiro atoms. The first-order chi connectivity index (χ1) is 12.0. The first-order valence-corrected chi connectivity index (χ1v) is 7.94. The van der Waals surface area contributed by atoms with Crippen molar-refractivity contribution in [1.29, 1.82) is 0 Å². The van der Waals surface area contributed by atoms with Crippen LogP contribution in [0.1, 0.15) is 18.7 Å². The molecule has 0 radical (unpaired) electrons. The Morgan fingerprint density at radius 1 is 1.40 bits per heavy atom. The van der Waals surface area contributed by atoms with Crippen LogP contribution in [0.25, 0.3) is 11.4 Å². The number of hydrogen-bond donors (Lipinski definition) is 2. The summed E-state index contributed by atoms with van der Waals surface area (Å²) in [5.41, 5.74) is 5.53. The van der Waals surface area contributed by atoms with Gasteiger partial charge in [0.25, 0.3) is 0 Å². The fourth-order valence-electron chi connectivity index (χ4n) is 2.74. The Kier molecular flexibility index (Phi) is 4.92. The molecule has 9 heteroatoms. The fraction of sp³-hybridized carbons (Fsp3) is 0.375. The van der Waals surface area contributed by atoms with Gasteiger partial charge in [-0.05, 0) is 25.0 Å². The van der Waals surface area contributed by atoms with Crippen molar-refractivity contribution < 1.29 is 18.5 Å². The van der Waals surface area contributed by atoms with Crippen LogP contribution in [0.2, 0.25) is 0 Å². The molecule has 132 valence electrons. The number of benzene rings is 1. The van der Waals surface area contributed by atoms with E-state index in [1.54, 1.807) is 18.2 Å². The molecule has 2 aromatic rings. The highest BCUT2D eigenvalue weighted by atomic mass is 19.1. The summed E-state index contributed by atoms with van der Waals surface area (Å²) < 4.78 is 18.7. The molecule has 1 saturated heterocycles. The second-order valence-corrected chi connectivity index (χ2v) is 5.84. The number of amides is 3. The molecule has 1 aromatic carbocycles. The SMILES string of the molecule is NC(=O)[C@H]1CCCN(C(=O)NCc2nc(-c3ccccc3F)no2)C1. The van der Waals surface area contributed by atoms with Gasteiger partial charge >= 0.3 is 6.03 Å². The number of rotatable bonds is 4. The maximum Gasteiger partial charge on any atom is 0.317 e. The van der Waals surface area contributed by atoms with Gasteiger partial charge in [-0.2, -0.15) is 4.98 Å². The molecule has 1 aliphatic rings. The number of nitrogens with zero attached hydrogens (tertiary/aromatic N) is 3. The number of nitrogens with one attached hydrogen (secondary N) is 1. The van der Waals surface area contributed by atoms with E-state index in [1.165, 1.54) is 11.0 Å². The second kappa shape index (κ2) is 7.29. The summed E-state index contributed by atoms with van der Waals surface area (Å²) in [5, 5.41) is 6.37. The van der Waals surface area contributed by atoms with Crippen LogP contribution in [0.3, 0.4) is 0 Å². The Morgan fingerprint density at radius 2 is 2.20 bits per heavy atom. The lowest BCUT2D eigenvalue weighted by molar-refractivity contribution is -0.123. The molecule has 1 aliphatic heterocycles. The normalized spacial score (nSPS) is 17.3. The monoisotopic (exact) mass is 347 g/mol. The van der Waals surface area contributed by atoms with E-state index in [4.69, 9.17) is 10.3 Å². The van der Waals surface area contributed by atoms with Crippen molar-refractivity contribution in [2.75, 3.05) is 13.1 Å². The molecule has 3 N–H and O–H groups in total. The van der Waals surface area contributed by atoms with Gasteiger partial charge in [-0.1, -0.05) is 17.3 Å². The summed E-state index contributed by atoms with van der Waals surface area (Å²) in [6, 6.07) is 5.75. The molecular formula is C16H18FN5O3. The van der Waals surface area contributed by atoms with Crippen LogP contribution >= 0.6 is 0 Å². The van der Waals surface area contributed by atoms with E-state index < -0.39 is 11.7 Å². The van der Waals surface area contributed by atoms with Gasteiger partial charge in [0.05, 0.1) is 18.0 Å².